The van der Waals surface area contributed by atoms with Crippen LogP contribution in [0.3, 0.4) is 0 Å². The van der Waals surface area contributed by atoms with Crippen molar-refractivity contribution < 1.29 is 13.3 Å². The van der Waals surface area contributed by atoms with Gasteiger partial charge in [0.05, 0.1) is 14.7 Å². The Morgan fingerprint density at radius 3 is 2.47 bits per heavy atom. The Morgan fingerprint density at radius 1 is 1.32 bits per heavy atom. The van der Waals surface area contributed by atoms with Gasteiger partial charge in [0.2, 0.25) is 10.0 Å². The van der Waals surface area contributed by atoms with Gasteiger partial charge in [0.1, 0.15) is 0 Å². The first-order chi connectivity index (χ1) is 8.88. The molecular weight excluding hydrogens is 288 g/mol. The van der Waals surface area contributed by atoms with E-state index in [-0.39, 0.29) is 10.6 Å². The topological polar surface area (TPSA) is 103 Å². The Labute approximate surface area is 115 Å². The number of hydrogen-bond donors (Lipinski definition) is 1. The molecule has 0 heterocycles. The summed E-state index contributed by atoms with van der Waals surface area (Å²) in [6, 6.07) is 3.83. The SMILES string of the molecule is NS(=O)(=O)c1ccc(SC2CCCC2)c([N+](=O)[O-])c1. The van der Waals surface area contributed by atoms with Crippen molar-refractivity contribution in [3.05, 3.63) is 28.3 Å². The smallest absolute Gasteiger partial charge is 0.258 e. The van der Waals surface area contributed by atoms with Crippen molar-refractivity contribution in [2.45, 2.75) is 40.7 Å². The summed E-state index contributed by atoms with van der Waals surface area (Å²) in [6.45, 7) is 0. The molecule has 2 rings (SSSR count). The Bertz CT molecular complexity index is 595. The van der Waals surface area contributed by atoms with Gasteiger partial charge in [-0.05, 0) is 25.0 Å². The van der Waals surface area contributed by atoms with Gasteiger partial charge in [0, 0.05) is 11.3 Å². The molecule has 0 aromatic heterocycles. The molecule has 1 aliphatic carbocycles. The third-order valence-corrected chi connectivity index (χ3v) is 5.37. The average Bonchev–Trinajstić information content (AvgIpc) is 2.80. The number of rotatable bonds is 4. The molecule has 0 radical (unpaired) electrons. The number of nitrogens with zero attached hydrogens (tertiary/aromatic N) is 1. The van der Waals surface area contributed by atoms with E-state index in [4.69, 9.17) is 5.14 Å². The first kappa shape index (κ1) is 14.3. The van der Waals surface area contributed by atoms with Crippen molar-refractivity contribution in [3.8, 4) is 0 Å². The summed E-state index contributed by atoms with van der Waals surface area (Å²) in [5.41, 5.74) is -0.191. The van der Waals surface area contributed by atoms with Crippen molar-refractivity contribution in [1.82, 2.24) is 0 Å². The Balaban J connectivity index is 2.35. The standard InChI is InChI=1S/C11H14N2O4S2/c12-19(16,17)9-5-6-11(10(7-9)13(14)15)18-8-3-1-2-4-8/h5-8H,1-4H2,(H2,12,16,17). The zero-order chi connectivity index (χ0) is 14.0. The lowest BCUT2D eigenvalue weighted by Gasteiger charge is -2.09. The summed E-state index contributed by atoms with van der Waals surface area (Å²) in [7, 11) is -3.92. The maximum atomic E-state index is 11.2. The molecule has 0 spiro atoms. The fraction of sp³-hybridized carbons (Fsp3) is 0.455. The van der Waals surface area contributed by atoms with Crippen LogP contribution in [0, 0.1) is 10.1 Å². The average molecular weight is 302 g/mol. The molecule has 104 valence electrons. The van der Waals surface area contributed by atoms with Gasteiger partial charge >= 0.3 is 0 Å². The van der Waals surface area contributed by atoms with E-state index in [2.05, 4.69) is 0 Å². The molecule has 0 bridgehead atoms. The van der Waals surface area contributed by atoms with E-state index >= 15 is 0 Å². The molecular formula is C11H14N2O4S2. The van der Waals surface area contributed by atoms with E-state index in [1.165, 1.54) is 23.9 Å². The van der Waals surface area contributed by atoms with Gasteiger partial charge in [-0.2, -0.15) is 0 Å². The van der Waals surface area contributed by atoms with Crippen LogP contribution >= 0.6 is 11.8 Å². The van der Waals surface area contributed by atoms with Crippen LogP contribution in [0.2, 0.25) is 0 Å². The largest absolute Gasteiger partial charge is 0.284 e. The first-order valence-corrected chi connectivity index (χ1v) is 8.28. The van der Waals surface area contributed by atoms with Gasteiger partial charge in [-0.15, -0.1) is 11.8 Å². The van der Waals surface area contributed by atoms with Gasteiger partial charge in [-0.3, -0.25) is 10.1 Å². The summed E-state index contributed by atoms with van der Waals surface area (Å²) in [4.78, 5) is 10.7. The second-order valence-corrected chi connectivity index (χ2v) is 7.36. The fourth-order valence-electron chi connectivity index (χ4n) is 2.10. The minimum atomic E-state index is -3.92. The molecule has 2 N–H and O–H groups in total. The lowest BCUT2D eigenvalue weighted by molar-refractivity contribution is -0.388. The lowest BCUT2D eigenvalue weighted by Crippen LogP contribution is -2.12. The second-order valence-electron chi connectivity index (χ2n) is 4.46. The summed E-state index contributed by atoms with van der Waals surface area (Å²) in [5.74, 6) is 0. The third-order valence-electron chi connectivity index (χ3n) is 3.05. The summed E-state index contributed by atoms with van der Waals surface area (Å²) in [5, 5.41) is 16.4. The van der Waals surface area contributed by atoms with Crippen LogP contribution in [0.25, 0.3) is 0 Å². The van der Waals surface area contributed by atoms with Gasteiger partial charge < -0.3 is 0 Å². The minimum absolute atomic E-state index is 0.191. The maximum absolute atomic E-state index is 11.2. The number of benzene rings is 1. The number of nitro groups is 1. The van der Waals surface area contributed by atoms with Crippen LogP contribution in [0.4, 0.5) is 5.69 Å². The maximum Gasteiger partial charge on any atom is 0.284 e. The van der Waals surface area contributed by atoms with Crippen LogP contribution in [0.15, 0.2) is 28.0 Å². The van der Waals surface area contributed by atoms with Crippen LogP contribution in [0.5, 0.6) is 0 Å². The summed E-state index contributed by atoms with van der Waals surface area (Å²) in [6.07, 6.45) is 4.36. The highest BCUT2D eigenvalue weighted by Gasteiger charge is 2.23. The van der Waals surface area contributed by atoms with E-state index in [9.17, 15) is 18.5 Å². The molecule has 19 heavy (non-hydrogen) atoms. The van der Waals surface area contributed by atoms with Gasteiger partial charge in [-0.25, -0.2) is 13.6 Å². The van der Waals surface area contributed by atoms with Crippen molar-refractivity contribution in [3.63, 3.8) is 0 Å². The quantitative estimate of drug-likeness (QED) is 0.678. The van der Waals surface area contributed by atoms with Gasteiger partial charge in [0.25, 0.3) is 5.69 Å². The highest BCUT2D eigenvalue weighted by molar-refractivity contribution is 8.00. The van der Waals surface area contributed by atoms with Gasteiger partial charge in [0.15, 0.2) is 0 Å². The molecule has 1 aliphatic rings. The summed E-state index contributed by atoms with van der Waals surface area (Å²) < 4.78 is 22.4. The van der Waals surface area contributed by atoms with Crippen molar-refractivity contribution in [2.24, 2.45) is 5.14 Å². The Morgan fingerprint density at radius 2 is 1.95 bits per heavy atom. The Hall–Kier alpha value is -1.12. The van der Waals surface area contributed by atoms with E-state index in [1.807, 2.05) is 0 Å². The number of thioether (sulfide) groups is 1. The van der Waals surface area contributed by atoms with Crippen LogP contribution in [0.1, 0.15) is 25.7 Å². The molecule has 1 fully saturated rings. The molecule has 0 amide bonds. The fourth-order valence-corrected chi connectivity index (χ4v) is 3.96. The highest BCUT2D eigenvalue weighted by Crippen LogP contribution is 2.39. The molecule has 1 aromatic carbocycles. The third kappa shape index (κ3) is 3.46. The number of primary sulfonamides is 1. The minimum Gasteiger partial charge on any atom is -0.258 e. The zero-order valence-corrected chi connectivity index (χ0v) is 11.7. The zero-order valence-electron chi connectivity index (χ0n) is 10.1. The lowest BCUT2D eigenvalue weighted by atomic mass is 10.3. The van der Waals surface area contributed by atoms with E-state index < -0.39 is 14.9 Å². The monoisotopic (exact) mass is 302 g/mol. The Kier molecular flexibility index (Phi) is 4.12. The highest BCUT2D eigenvalue weighted by atomic mass is 32.2. The van der Waals surface area contributed by atoms with E-state index in [0.717, 1.165) is 31.7 Å². The van der Waals surface area contributed by atoms with Crippen molar-refractivity contribution in [2.75, 3.05) is 0 Å². The van der Waals surface area contributed by atoms with E-state index in [0.29, 0.717) is 10.1 Å². The van der Waals surface area contributed by atoms with Crippen LogP contribution < -0.4 is 5.14 Å². The molecule has 1 aromatic rings. The molecule has 1 saturated carbocycles. The van der Waals surface area contributed by atoms with E-state index in [1.54, 1.807) is 0 Å². The molecule has 0 saturated heterocycles. The van der Waals surface area contributed by atoms with Crippen LogP contribution in [-0.4, -0.2) is 18.6 Å². The van der Waals surface area contributed by atoms with Gasteiger partial charge in [-0.1, -0.05) is 12.8 Å². The molecule has 0 aliphatic heterocycles. The number of nitrogens with two attached hydrogens (primary N) is 1. The molecule has 6 nitrogen and oxygen atoms in total. The van der Waals surface area contributed by atoms with Crippen molar-refractivity contribution in [1.29, 1.82) is 0 Å². The molecule has 0 unspecified atom stereocenters. The predicted molar refractivity (Wildman–Crippen MR) is 72.6 cm³/mol. The molecule has 8 heteroatoms. The molecule has 0 atom stereocenters. The number of hydrogen-bond acceptors (Lipinski definition) is 5. The summed E-state index contributed by atoms with van der Waals surface area (Å²) >= 11 is 1.45. The first-order valence-electron chi connectivity index (χ1n) is 5.86. The van der Waals surface area contributed by atoms with Crippen LogP contribution in [-0.2, 0) is 10.0 Å². The second kappa shape index (κ2) is 5.48. The van der Waals surface area contributed by atoms with Crippen molar-refractivity contribution >= 4 is 27.5 Å². The normalized spacial score (nSPS) is 16.7. The number of nitro benzene ring substituents is 1. The predicted octanol–water partition coefficient (Wildman–Crippen LogP) is 2.28. The number of sulfonamides is 1.